The molecule has 4 nitrogen and oxygen atoms in total. The van der Waals surface area contributed by atoms with Crippen molar-refractivity contribution in [3.63, 3.8) is 0 Å². The average molecular weight is 302 g/mol. The van der Waals surface area contributed by atoms with Gasteiger partial charge in [-0.2, -0.15) is 0 Å². The normalized spacial score (nSPS) is 17.2. The van der Waals surface area contributed by atoms with Crippen LogP contribution in [0.2, 0.25) is 0 Å². The van der Waals surface area contributed by atoms with Crippen LogP contribution in [-0.4, -0.2) is 25.7 Å². The van der Waals surface area contributed by atoms with Gasteiger partial charge in [0.2, 0.25) is 0 Å². The Morgan fingerprint density at radius 1 is 1.37 bits per heavy atom. The molecule has 2 rings (SSSR count). The highest BCUT2D eigenvalue weighted by atomic mass is 32.2. The van der Waals surface area contributed by atoms with Gasteiger partial charge in [-0.15, -0.1) is 11.3 Å². The summed E-state index contributed by atoms with van der Waals surface area (Å²) in [6.07, 6.45) is 7.28. The number of nitrogens with zero attached hydrogens (tertiary/aromatic N) is 1. The topological polar surface area (TPSA) is 59.1 Å². The van der Waals surface area contributed by atoms with Crippen molar-refractivity contribution in [2.24, 2.45) is 0 Å². The molecule has 1 aromatic rings. The zero-order chi connectivity index (χ0) is 13.9. The summed E-state index contributed by atoms with van der Waals surface area (Å²) < 4.78 is 22.7. The first-order valence-corrected chi connectivity index (χ1v) is 9.74. The lowest BCUT2D eigenvalue weighted by molar-refractivity contribution is 0.525. The van der Waals surface area contributed by atoms with Crippen LogP contribution in [0.15, 0.2) is 0 Å². The molecule has 108 valence electrons. The predicted molar refractivity (Wildman–Crippen MR) is 79.1 cm³/mol. The van der Waals surface area contributed by atoms with Crippen molar-refractivity contribution < 1.29 is 8.42 Å². The molecule has 0 unspecified atom stereocenters. The molecule has 19 heavy (non-hydrogen) atoms. The lowest BCUT2D eigenvalue weighted by atomic mass is 10.2. The van der Waals surface area contributed by atoms with Crippen LogP contribution in [0.3, 0.4) is 0 Å². The van der Waals surface area contributed by atoms with Crippen LogP contribution < -0.4 is 5.32 Å². The standard InChI is InChI=1S/C13H22N2O2S2/c1-3-11-12(8-14-10-6-4-5-7-10)18-13(15-11)9-19(2,16)17/h10,14H,3-9H2,1-2H3. The van der Waals surface area contributed by atoms with Crippen molar-refractivity contribution in [1.29, 1.82) is 0 Å². The molecule has 1 aromatic heterocycles. The second-order valence-corrected chi connectivity index (χ2v) is 8.57. The fraction of sp³-hybridized carbons (Fsp3) is 0.769. The van der Waals surface area contributed by atoms with E-state index in [9.17, 15) is 8.42 Å². The van der Waals surface area contributed by atoms with E-state index in [2.05, 4.69) is 17.2 Å². The highest BCUT2D eigenvalue weighted by Gasteiger charge is 2.17. The van der Waals surface area contributed by atoms with Gasteiger partial charge >= 0.3 is 0 Å². The molecule has 1 fully saturated rings. The van der Waals surface area contributed by atoms with Crippen LogP contribution in [0.5, 0.6) is 0 Å². The first-order valence-electron chi connectivity index (χ1n) is 6.86. The second kappa shape index (κ2) is 6.33. The Balaban J connectivity index is 2.01. The Morgan fingerprint density at radius 2 is 2.05 bits per heavy atom. The fourth-order valence-electron chi connectivity index (χ4n) is 2.50. The highest BCUT2D eigenvalue weighted by molar-refractivity contribution is 7.90. The van der Waals surface area contributed by atoms with Gasteiger partial charge < -0.3 is 5.32 Å². The van der Waals surface area contributed by atoms with Crippen molar-refractivity contribution in [3.05, 3.63) is 15.6 Å². The van der Waals surface area contributed by atoms with E-state index >= 15 is 0 Å². The van der Waals surface area contributed by atoms with Crippen molar-refractivity contribution >= 4 is 21.2 Å². The van der Waals surface area contributed by atoms with E-state index in [1.807, 2.05) is 0 Å². The molecule has 1 aliphatic carbocycles. The molecule has 1 heterocycles. The van der Waals surface area contributed by atoms with Crippen molar-refractivity contribution in [2.75, 3.05) is 6.26 Å². The zero-order valence-corrected chi connectivity index (χ0v) is 13.2. The average Bonchev–Trinajstić information content (AvgIpc) is 2.92. The molecule has 6 heteroatoms. The minimum atomic E-state index is -2.99. The summed E-state index contributed by atoms with van der Waals surface area (Å²) in [4.78, 5) is 5.66. The fourth-order valence-corrected chi connectivity index (χ4v) is 4.80. The maximum Gasteiger partial charge on any atom is 0.153 e. The number of hydrogen-bond donors (Lipinski definition) is 1. The molecule has 0 atom stereocenters. The van der Waals surface area contributed by atoms with Crippen LogP contribution in [0.1, 0.15) is 48.2 Å². The van der Waals surface area contributed by atoms with Gasteiger partial charge in [-0.25, -0.2) is 13.4 Å². The summed E-state index contributed by atoms with van der Waals surface area (Å²) in [7, 11) is -2.99. The van der Waals surface area contributed by atoms with Crippen LogP contribution >= 0.6 is 11.3 Å². The van der Waals surface area contributed by atoms with E-state index in [0.29, 0.717) is 6.04 Å². The first kappa shape index (κ1) is 14.9. The highest BCUT2D eigenvalue weighted by Crippen LogP contribution is 2.23. The summed E-state index contributed by atoms with van der Waals surface area (Å²) in [5.41, 5.74) is 1.05. The molecular weight excluding hydrogens is 280 g/mol. The third-order valence-corrected chi connectivity index (χ3v) is 5.53. The molecule has 0 aliphatic heterocycles. The SMILES string of the molecule is CCc1nc(CS(C)(=O)=O)sc1CNC1CCCC1. The number of sulfone groups is 1. The van der Waals surface area contributed by atoms with Gasteiger partial charge in [0, 0.05) is 23.7 Å². The second-order valence-electron chi connectivity index (χ2n) is 5.26. The molecule has 0 spiro atoms. The lowest BCUT2D eigenvalue weighted by Crippen LogP contribution is -2.25. The molecule has 1 aliphatic rings. The van der Waals surface area contributed by atoms with E-state index < -0.39 is 9.84 Å². The zero-order valence-electron chi connectivity index (χ0n) is 11.6. The van der Waals surface area contributed by atoms with Gasteiger partial charge in [0.1, 0.15) is 10.8 Å². The van der Waals surface area contributed by atoms with Crippen LogP contribution in [-0.2, 0) is 28.6 Å². The lowest BCUT2D eigenvalue weighted by Gasteiger charge is -2.10. The van der Waals surface area contributed by atoms with Crippen molar-refractivity contribution in [3.8, 4) is 0 Å². The van der Waals surface area contributed by atoms with Gasteiger partial charge in [-0.05, 0) is 19.3 Å². The van der Waals surface area contributed by atoms with Crippen molar-refractivity contribution in [2.45, 2.75) is 57.4 Å². The number of aromatic nitrogens is 1. The van der Waals surface area contributed by atoms with E-state index in [1.54, 1.807) is 11.3 Å². The number of nitrogens with one attached hydrogen (secondary N) is 1. The van der Waals surface area contributed by atoms with E-state index in [0.717, 1.165) is 23.7 Å². The predicted octanol–water partition coefficient (Wildman–Crippen LogP) is 2.28. The van der Waals surface area contributed by atoms with Crippen molar-refractivity contribution in [1.82, 2.24) is 10.3 Å². The maximum absolute atomic E-state index is 11.3. The molecule has 0 saturated heterocycles. The number of rotatable bonds is 6. The van der Waals surface area contributed by atoms with E-state index in [-0.39, 0.29) is 5.75 Å². The van der Waals surface area contributed by atoms with Crippen LogP contribution in [0.25, 0.3) is 0 Å². The number of aryl methyl sites for hydroxylation is 1. The minimum absolute atomic E-state index is 0.0636. The van der Waals surface area contributed by atoms with E-state index in [1.165, 1.54) is 36.8 Å². The Bertz CT molecular complexity index is 517. The first-order chi connectivity index (χ1) is 8.98. The Hall–Kier alpha value is -0.460. The third-order valence-electron chi connectivity index (χ3n) is 3.45. The third kappa shape index (κ3) is 4.54. The minimum Gasteiger partial charge on any atom is -0.309 e. The van der Waals surface area contributed by atoms with Gasteiger partial charge in [-0.1, -0.05) is 19.8 Å². The van der Waals surface area contributed by atoms with Gasteiger partial charge in [0.15, 0.2) is 9.84 Å². The van der Waals surface area contributed by atoms with Gasteiger partial charge in [-0.3, -0.25) is 0 Å². The van der Waals surface area contributed by atoms with Gasteiger partial charge in [0.25, 0.3) is 0 Å². The monoisotopic (exact) mass is 302 g/mol. The van der Waals surface area contributed by atoms with E-state index in [4.69, 9.17) is 0 Å². The van der Waals surface area contributed by atoms with Gasteiger partial charge in [0.05, 0.1) is 5.69 Å². The molecule has 0 bridgehead atoms. The molecule has 0 aromatic carbocycles. The van der Waals surface area contributed by atoms with Crippen LogP contribution in [0.4, 0.5) is 0 Å². The largest absolute Gasteiger partial charge is 0.309 e. The quantitative estimate of drug-likeness (QED) is 0.876. The smallest absolute Gasteiger partial charge is 0.153 e. The number of thiazole rings is 1. The van der Waals surface area contributed by atoms with Crippen LogP contribution in [0, 0.1) is 0 Å². The Labute approximate surface area is 119 Å². The Morgan fingerprint density at radius 3 is 2.63 bits per heavy atom. The molecule has 0 amide bonds. The summed E-state index contributed by atoms with van der Waals surface area (Å²) in [5, 5.41) is 4.29. The summed E-state index contributed by atoms with van der Waals surface area (Å²) in [6.45, 7) is 2.90. The summed E-state index contributed by atoms with van der Waals surface area (Å²) >= 11 is 1.54. The molecular formula is C13H22N2O2S2. The molecule has 0 radical (unpaired) electrons. The number of hydrogen-bond acceptors (Lipinski definition) is 5. The maximum atomic E-state index is 11.3. The summed E-state index contributed by atoms with van der Waals surface area (Å²) in [5.74, 6) is 0.0636. The molecule has 1 N–H and O–H groups in total. The Kier molecular flexibility index (Phi) is 4.97. The summed E-state index contributed by atoms with van der Waals surface area (Å²) in [6, 6.07) is 0.630. The molecule has 1 saturated carbocycles.